The van der Waals surface area contributed by atoms with Crippen molar-refractivity contribution in [2.45, 2.75) is 44.7 Å². The van der Waals surface area contributed by atoms with Gasteiger partial charge in [0.1, 0.15) is 11.4 Å². The predicted molar refractivity (Wildman–Crippen MR) is 171 cm³/mol. The molecule has 3 N–H and O–H groups in total. The van der Waals surface area contributed by atoms with Crippen LogP contribution in [0.2, 0.25) is 0 Å². The summed E-state index contributed by atoms with van der Waals surface area (Å²) in [5.41, 5.74) is 3.18. The number of hydrogen-bond acceptors (Lipinski definition) is 7. The predicted octanol–water partition coefficient (Wildman–Crippen LogP) is 3.38. The van der Waals surface area contributed by atoms with E-state index >= 15 is 4.39 Å². The molecule has 1 fully saturated rings. The minimum absolute atomic E-state index is 0.0155. The zero-order valence-corrected chi connectivity index (χ0v) is 26.1. The highest BCUT2D eigenvalue weighted by atomic mass is 19.1. The summed E-state index contributed by atoms with van der Waals surface area (Å²) in [4.78, 5) is 54.1. The van der Waals surface area contributed by atoms with E-state index < -0.39 is 23.0 Å². The molecule has 2 amide bonds. The number of fused-ring (bicyclic) bond motifs is 1. The van der Waals surface area contributed by atoms with Crippen LogP contribution in [0.25, 0.3) is 22.4 Å². The molecule has 0 bridgehead atoms. The highest BCUT2D eigenvalue weighted by molar-refractivity contribution is 6.04. The lowest BCUT2D eigenvalue weighted by atomic mass is 9.95. The molecule has 238 valence electrons. The van der Waals surface area contributed by atoms with Crippen molar-refractivity contribution in [3.63, 3.8) is 0 Å². The fourth-order valence-corrected chi connectivity index (χ4v) is 6.37. The van der Waals surface area contributed by atoms with Crippen LogP contribution in [0.1, 0.15) is 52.4 Å². The van der Waals surface area contributed by atoms with Crippen molar-refractivity contribution in [1.29, 1.82) is 0 Å². The molecule has 1 aliphatic heterocycles. The van der Waals surface area contributed by atoms with Gasteiger partial charge >= 0.3 is 5.69 Å². The summed E-state index contributed by atoms with van der Waals surface area (Å²) in [7, 11) is 4.32. The topological polar surface area (TPSA) is 136 Å². The van der Waals surface area contributed by atoms with Gasteiger partial charge in [-0.3, -0.25) is 19.0 Å². The molecule has 2 aromatic carbocycles. The number of nitrogens with zero attached hydrogens (tertiary/aromatic N) is 3. The van der Waals surface area contributed by atoms with Crippen molar-refractivity contribution in [1.82, 2.24) is 24.8 Å². The van der Waals surface area contributed by atoms with E-state index in [-0.39, 0.29) is 23.6 Å². The first-order valence-electron chi connectivity index (χ1n) is 15.1. The summed E-state index contributed by atoms with van der Waals surface area (Å²) >= 11 is 0. The van der Waals surface area contributed by atoms with Gasteiger partial charge in [0.25, 0.3) is 11.5 Å². The largest absolute Gasteiger partial charge is 0.481 e. The average Bonchev–Trinajstić information content (AvgIpc) is 3.66. The first-order valence-corrected chi connectivity index (χ1v) is 15.1. The summed E-state index contributed by atoms with van der Waals surface area (Å²) < 4.78 is 24.1. The first-order chi connectivity index (χ1) is 22.1. The van der Waals surface area contributed by atoms with Crippen molar-refractivity contribution in [3.8, 4) is 28.3 Å². The molecule has 12 heteroatoms. The number of aromatic nitrogens is 3. The third-order valence-electron chi connectivity index (χ3n) is 8.89. The molecule has 1 saturated heterocycles. The van der Waals surface area contributed by atoms with E-state index in [4.69, 9.17) is 9.72 Å². The summed E-state index contributed by atoms with van der Waals surface area (Å²) in [5.74, 6) is -0.638. The number of carbonyl (C=O) groups is 2. The number of nitrogens with one attached hydrogen (secondary N) is 3. The van der Waals surface area contributed by atoms with Gasteiger partial charge in [-0.05, 0) is 61.1 Å². The summed E-state index contributed by atoms with van der Waals surface area (Å²) in [6, 6.07) is 12.3. The molecule has 4 aromatic rings. The van der Waals surface area contributed by atoms with Crippen molar-refractivity contribution in [2.75, 3.05) is 19.0 Å². The van der Waals surface area contributed by atoms with Crippen molar-refractivity contribution in [3.05, 3.63) is 97.6 Å². The van der Waals surface area contributed by atoms with Gasteiger partial charge in [0.2, 0.25) is 11.8 Å². The third kappa shape index (κ3) is 5.60. The smallest absolute Gasteiger partial charge is 0.330 e. The molecule has 3 heterocycles. The number of benzene rings is 2. The molecule has 0 radical (unpaired) electrons. The maximum absolute atomic E-state index is 16.4. The maximum atomic E-state index is 16.4. The standard InChI is InChI=1S/C34H35FN6O5/c1-18-21(7-6-10-25(18)38-31(43)24-17-40(2)34(45)41(3)33(24)44)22-8-5-9-23(30(22)35)27-15-19-11-13-26(29(19)32(39-27)46-4)36-16-20-12-14-28(42)37-20/h5-10,15,17,20,26,36H,11-14,16H2,1-4H3,(H,37,42)(H,38,43)/t20-,26+/m0/s1. The van der Waals surface area contributed by atoms with E-state index in [1.54, 1.807) is 50.4 Å². The van der Waals surface area contributed by atoms with Gasteiger partial charge < -0.3 is 25.3 Å². The number of pyridine rings is 1. The Kier molecular flexibility index (Phi) is 8.30. The molecule has 2 aromatic heterocycles. The Labute approximate surface area is 264 Å². The highest BCUT2D eigenvalue weighted by Gasteiger charge is 2.30. The Morgan fingerprint density at radius 2 is 1.80 bits per heavy atom. The van der Waals surface area contributed by atoms with E-state index in [2.05, 4.69) is 16.0 Å². The third-order valence-corrected chi connectivity index (χ3v) is 8.89. The summed E-state index contributed by atoms with van der Waals surface area (Å²) in [5, 5.41) is 9.28. The minimum atomic E-state index is -0.713. The van der Waals surface area contributed by atoms with Crippen LogP contribution in [-0.2, 0) is 25.3 Å². The zero-order valence-electron chi connectivity index (χ0n) is 26.1. The van der Waals surface area contributed by atoms with Crippen LogP contribution in [-0.4, -0.2) is 45.6 Å². The van der Waals surface area contributed by atoms with Crippen molar-refractivity contribution < 1.29 is 18.7 Å². The van der Waals surface area contributed by atoms with Crippen molar-refractivity contribution >= 4 is 17.5 Å². The molecule has 6 rings (SSSR count). The molecular weight excluding hydrogens is 591 g/mol. The lowest BCUT2D eigenvalue weighted by Gasteiger charge is -2.20. The van der Waals surface area contributed by atoms with Crippen LogP contribution in [0.5, 0.6) is 5.88 Å². The summed E-state index contributed by atoms with van der Waals surface area (Å²) in [6.07, 6.45) is 4.16. The SMILES string of the molecule is COc1nc(-c2cccc(-c3cccc(NC(=O)c4cn(C)c(=O)n(C)c4=O)c3C)c2F)cc2c1[C@H](NC[C@@H]1CCC(=O)N1)CC2. The maximum Gasteiger partial charge on any atom is 0.330 e. The Balaban J connectivity index is 1.29. The fraction of sp³-hybridized carbons (Fsp3) is 0.324. The second-order valence-electron chi connectivity index (χ2n) is 11.8. The second kappa shape index (κ2) is 12.4. The Morgan fingerprint density at radius 3 is 2.54 bits per heavy atom. The quantitative estimate of drug-likeness (QED) is 0.273. The van der Waals surface area contributed by atoms with Gasteiger partial charge in [0.05, 0.1) is 12.8 Å². The Morgan fingerprint density at radius 1 is 1.07 bits per heavy atom. The van der Waals surface area contributed by atoms with Crippen LogP contribution in [0.3, 0.4) is 0 Å². The highest BCUT2D eigenvalue weighted by Crippen LogP contribution is 2.41. The van der Waals surface area contributed by atoms with E-state index in [0.29, 0.717) is 52.5 Å². The number of anilines is 1. The first kappa shape index (κ1) is 30.9. The van der Waals surface area contributed by atoms with Crippen molar-refractivity contribution in [2.24, 2.45) is 14.1 Å². The monoisotopic (exact) mass is 626 g/mol. The van der Waals surface area contributed by atoms with Crippen LogP contribution >= 0.6 is 0 Å². The van der Waals surface area contributed by atoms with Gasteiger partial charge in [0, 0.05) is 67.7 Å². The van der Waals surface area contributed by atoms with E-state index in [9.17, 15) is 19.2 Å². The van der Waals surface area contributed by atoms with Gasteiger partial charge in [-0.2, -0.15) is 0 Å². The lowest BCUT2D eigenvalue weighted by molar-refractivity contribution is -0.119. The Hall–Kier alpha value is -5.10. The van der Waals surface area contributed by atoms with Gasteiger partial charge in [-0.1, -0.05) is 24.3 Å². The number of rotatable bonds is 8. The fourth-order valence-electron chi connectivity index (χ4n) is 6.37. The van der Waals surface area contributed by atoms with Gasteiger partial charge in [-0.25, -0.2) is 14.2 Å². The lowest BCUT2D eigenvalue weighted by Crippen LogP contribution is -2.40. The molecule has 46 heavy (non-hydrogen) atoms. The zero-order chi connectivity index (χ0) is 32.7. The molecule has 1 aliphatic carbocycles. The number of carbonyl (C=O) groups excluding carboxylic acids is 2. The van der Waals surface area contributed by atoms with Crippen LogP contribution in [0.15, 0.2) is 58.3 Å². The van der Waals surface area contributed by atoms with Crippen LogP contribution in [0.4, 0.5) is 10.1 Å². The van der Waals surface area contributed by atoms with Gasteiger partial charge in [0.15, 0.2) is 0 Å². The molecule has 0 spiro atoms. The molecule has 0 saturated carbocycles. The molecule has 2 atom stereocenters. The second-order valence-corrected chi connectivity index (χ2v) is 11.8. The summed E-state index contributed by atoms with van der Waals surface area (Å²) in [6.45, 7) is 2.41. The minimum Gasteiger partial charge on any atom is -0.481 e. The van der Waals surface area contributed by atoms with Gasteiger partial charge in [-0.15, -0.1) is 0 Å². The molecule has 11 nitrogen and oxygen atoms in total. The number of ether oxygens (including phenoxy) is 1. The number of methoxy groups -OCH3 is 1. The van der Waals surface area contributed by atoms with Crippen LogP contribution < -0.4 is 31.9 Å². The average molecular weight is 627 g/mol. The molecule has 0 unspecified atom stereocenters. The number of halogens is 1. The van der Waals surface area contributed by atoms with E-state index in [0.717, 1.165) is 39.5 Å². The van der Waals surface area contributed by atoms with E-state index in [1.165, 1.54) is 20.3 Å². The molecule has 2 aliphatic rings. The number of hydrogen-bond donors (Lipinski definition) is 3. The van der Waals surface area contributed by atoms with Crippen LogP contribution in [0, 0.1) is 12.7 Å². The number of aryl methyl sites for hydroxylation is 2. The number of amides is 2. The molecular formula is C34H35FN6O5. The van der Waals surface area contributed by atoms with E-state index in [1.807, 2.05) is 6.07 Å². The normalized spacial score (nSPS) is 17.1. The Bertz CT molecular complexity index is 2000.